The molecule has 11 heteroatoms. The number of hydrogen-bond donors (Lipinski definition) is 3. The first kappa shape index (κ1) is 21.4. The summed E-state index contributed by atoms with van der Waals surface area (Å²) >= 11 is 0. The summed E-state index contributed by atoms with van der Waals surface area (Å²) in [4.78, 5) is 40.9. The number of ether oxygens (including phenoxy) is 3. The molecular weight excluding hydrogens is 420 g/mol. The lowest BCUT2D eigenvalue weighted by Crippen LogP contribution is -2.46. The van der Waals surface area contributed by atoms with Gasteiger partial charge in [0.15, 0.2) is 23.8 Å². The number of nitrogens with zero attached hydrogens (tertiary/aromatic N) is 2. The number of anilines is 2. The highest BCUT2D eigenvalue weighted by atomic mass is 16.6. The topological polar surface area (TPSA) is 139 Å². The molecule has 3 amide bonds. The van der Waals surface area contributed by atoms with Crippen molar-refractivity contribution in [3.63, 3.8) is 0 Å². The molecule has 3 N–H and O–H groups in total. The van der Waals surface area contributed by atoms with E-state index < -0.39 is 17.8 Å². The van der Waals surface area contributed by atoms with Crippen LogP contribution in [0.1, 0.15) is 12.0 Å². The largest absolute Gasteiger partial charge is 0.480 e. The van der Waals surface area contributed by atoms with Crippen LogP contribution < -0.4 is 20.3 Å². The standard InChI is InChI=1S/C21H22N4O7/c26-17-11-31-15-6-7-16(23-18(15)24-17)25-13-21(32-20(25)29,12-22-19(27)28)8-9-30-10-14-4-2-1-3-5-14/h1-7,22H,8-13H2,(H,27,28)(H,23,24,26). The van der Waals surface area contributed by atoms with Crippen LogP contribution in [0.2, 0.25) is 0 Å². The summed E-state index contributed by atoms with van der Waals surface area (Å²) in [6.07, 6.45) is -1.63. The highest BCUT2D eigenvalue weighted by molar-refractivity contribution is 5.95. The molecule has 1 unspecified atom stereocenters. The lowest BCUT2D eigenvalue weighted by molar-refractivity contribution is -0.118. The van der Waals surface area contributed by atoms with Crippen molar-refractivity contribution in [2.24, 2.45) is 0 Å². The second kappa shape index (κ2) is 9.10. The van der Waals surface area contributed by atoms with Gasteiger partial charge in [0.1, 0.15) is 5.82 Å². The minimum Gasteiger partial charge on any atom is -0.480 e. The molecule has 1 fully saturated rings. The number of carbonyl (C=O) groups is 3. The van der Waals surface area contributed by atoms with Crippen LogP contribution in [0, 0.1) is 0 Å². The van der Waals surface area contributed by atoms with Gasteiger partial charge in [-0.05, 0) is 17.7 Å². The maximum atomic E-state index is 12.7. The Morgan fingerprint density at radius 3 is 2.84 bits per heavy atom. The Kier molecular flexibility index (Phi) is 6.08. The van der Waals surface area contributed by atoms with Crippen molar-refractivity contribution in [2.75, 3.05) is 36.5 Å². The van der Waals surface area contributed by atoms with Crippen molar-refractivity contribution in [1.29, 1.82) is 0 Å². The van der Waals surface area contributed by atoms with E-state index in [0.717, 1.165) is 5.56 Å². The van der Waals surface area contributed by atoms with Gasteiger partial charge in [0, 0.05) is 6.42 Å². The first-order valence-electron chi connectivity index (χ1n) is 9.97. The molecule has 0 saturated carbocycles. The van der Waals surface area contributed by atoms with Crippen molar-refractivity contribution in [1.82, 2.24) is 10.3 Å². The normalized spacial score (nSPS) is 19.6. The van der Waals surface area contributed by atoms with E-state index in [4.69, 9.17) is 19.3 Å². The van der Waals surface area contributed by atoms with Gasteiger partial charge in [-0.25, -0.2) is 14.6 Å². The van der Waals surface area contributed by atoms with Gasteiger partial charge in [-0.2, -0.15) is 0 Å². The van der Waals surface area contributed by atoms with E-state index in [9.17, 15) is 14.4 Å². The van der Waals surface area contributed by atoms with Crippen LogP contribution >= 0.6 is 0 Å². The number of rotatable bonds is 8. The average molecular weight is 442 g/mol. The Morgan fingerprint density at radius 2 is 2.06 bits per heavy atom. The fourth-order valence-corrected chi connectivity index (χ4v) is 3.47. The minimum atomic E-state index is -1.23. The number of nitrogens with one attached hydrogen (secondary N) is 2. The second-order valence-electron chi connectivity index (χ2n) is 7.44. The zero-order valence-electron chi connectivity index (χ0n) is 17.1. The van der Waals surface area contributed by atoms with E-state index >= 15 is 0 Å². The first-order valence-corrected chi connectivity index (χ1v) is 9.97. The molecule has 0 aliphatic carbocycles. The predicted octanol–water partition coefficient (Wildman–Crippen LogP) is 1.98. The van der Waals surface area contributed by atoms with E-state index in [-0.39, 0.29) is 50.3 Å². The molecule has 2 aliphatic rings. The third kappa shape index (κ3) is 4.89. The summed E-state index contributed by atoms with van der Waals surface area (Å²) in [6.45, 7) is 0.476. The lowest BCUT2D eigenvalue weighted by atomic mass is 10.00. The van der Waals surface area contributed by atoms with E-state index in [1.807, 2.05) is 30.3 Å². The van der Waals surface area contributed by atoms with Gasteiger partial charge in [0.2, 0.25) is 0 Å². The average Bonchev–Trinajstić information content (AvgIpc) is 3.12. The zero-order valence-corrected chi connectivity index (χ0v) is 17.1. The molecule has 0 spiro atoms. The highest BCUT2D eigenvalue weighted by Gasteiger charge is 2.46. The van der Waals surface area contributed by atoms with Gasteiger partial charge in [-0.3, -0.25) is 9.69 Å². The van der Waals surface area contributed by atoms with Crippen molar-refractivity contribution >= 4 is 29.7 Å². The number of benzene rings is 1. The van der Waals surface area contributed by atoms with E-state index in [1.165, 1.54) is 4.90 Å². The van der Waals surface area contributed by atoms with E-state index in [0.29, 0.717) is 12.4 Å². The molecule has 0 bridgehead atoms. The molecule has 1 aromatic carbocycles. The van der Waals surface area contributed by atoms with Gasteiger partial charge in [0.25, 0.3) is 5.91 Å². The molecule has 2 aromatic rings. The number of hydrogen-bond acceptors (Lipinski definition) is 7. The van der Waals surface area contributed by atoms with E-state index in [2.05, 4.69) is 15.6 Å². The number of carboxylic acid groups (broad SMARTS) is 1. The van der Waals surface area contributed by atoms with Crippen molar-refractivity contribution in [3.05, 3.63) is 48.0 Å². The van der Waals surface area contributed by atoms with Crippen molar-refractivity contribution in [2.45, 2.75) is 18.6 Å². The molecule has 168 valence electrons. The van der Waals surface area contributed by atoms with Gasteiger partial charge in [-0.15, -0.1) is 0 Å². The quantitative estimate of drug-likeness (QED) is 0.528. The molecule has 1 aromatic heterocycles. The Bertz CT molecular complexity index is 1020. The third-order valence-electron chi connectivity index (χ3n) is 5.08. The van der Waals surface area contributed by atoms with Crippen LogP contribution in [-0.2, 0) is 20.9 Å². The molecule has 11 nitrogen and oxygen atoms in total. The summed E-state index contributed by atoms with van der Waals surface area (Å²) in [6, 6.07) is 12.8. The molecule has 32 heavy (non-hydrogen) atoms. The molecule has 1 saturated heterocycles. The molecular formula is C21H22N4O7. The Morgan fingerprint density at radius 1 is 1.25 bits per heavy atom. The fraction of sp³-hybridized carbons (Fsp3) is 0.333. The number of carbonyl (C=O) groups excluding carboxylic acids is 2. The van der Waals surface area contributed by atoms with Gasteiger partial charge in [-0.1, -0.05) is 30.3 Å². The highest BCUT2D eigenvalue weighted by Crippen LogP contribution is 2.33. The molecule has 4 rings (SSSR count). The maximum absolute atomic E-state index is 12.7. The lowest BCUT2D eigenvalue weighted by Gasteiger charge is -2.26. The Labute approximate surface area is 183 Å². The zero-order chi connectivity index (χ0) is 22.6. The molecule has 1 atom stereocenters. The summed E-state index contributed by atoms with van der Waals surface area (Å²) in [7, 11) is 0. The van der Waals surface area contributed by atoms with Crippen LogP contribution in [-0.4, -0.2) is 60.1 Å². The maximum Gasteiger partial charge on any atom is 0.416 e. The number of aromatic nitrogens is 1. The van der Waals surface area contributed by atoms with Crippen LogP contribution in [0.3, 0.4) is 0 Å². The SMILES string of the molecule is O=C(O)NCC1(CCOCc2ccccc2)CN(c2ccc3c(n2)NC(=O)CO3)C(=O)O1. The predicted molar refractivity (Wildman–Crippen MR) is 112 cm³/mol. The number of amides is 3. The van der Waals surface area contributed by atoms with Crippen LogP contribution in [0.15, 0.2) is 42.5 Å². The number of pyridine rings is 1. The van der Waals surface area contributed by atoms with Gasteiger partial charge < -0.3 is 30.0 Å². The first-order chi connectivity index (χ1) is 15.4. The summed E-state index contributed by atoms with van der Waals surface area (Å²) in [5.74, 6) is 0.511. The molecule has 2 aliphatic heterocycles. The summed E-state index contributed by atoms with van der Waals surface area (Å²) < 4.78 is 16.6. The summed E-state index contributed by atoms with van der Waals surface area (Å²) in [5, 5.41) is 13.9. The third-order valence-corrected chi connectivity index (χ3v) is 5.08. The van der Waals surface area contributed by atoms with Crippen molar-refractivity contribution < 1.29 is 33.7 Å². The number of fused-ring (bicyclic) bond motifs is 1. The minimum absolute atomic E-state index is 0.0569. The van der Waals surface area contributed by atoms with Crippen molar-refractivity contribution in [3.8, 4) is 5.75 Å². The van der Waals surface area contributed by atoms with Gasteiger partial charge >= 0.3 is 12.2 Å². The Hall–Kier alpha value is -3.86. The van der Waals surface area contributed by atoms with Crippen LogP contribution in [0.25, 0.3) is 0 Å². The van der Waals surface area contributed by atoms with Gasteiger partial charge in [0.05, 0.1) is 26.3 Å². The Balaban J connectivity index is 1.45. The molecule has 0 radical (unpaired) electrons. The van der Waals surface area contributed by atoms with Crippen LogP contribution in [0.4, 0.5) is 21.2 Å². The number of cyclic esters (lactones) is 1. The molecule has 3 heterocycles. The van der Waals surface area contributed by atoms with Crippen LogP contribution in [0.5, 0.6) is 5.75 Å². The fourth-order valence-electron chi connectivity index (χ4n) is 3.47. The monoisotopic (exact) mass is 442 g/mol. The van der Waals surface area contributed by atoms with E-state index in [1.54, 1.807) is 12.1 Å². The second-order valence-corrected chi connectivity index (χ2v) is 7.44. The summed E-state index contributed by atoms with van der Waals surface area (Å²) in [5.41, 5.74) is -0.137. The smallest absolute Gasteiger partial charge is 0.416 e.